The number of benzene rings is 1. The summed E-state index contributed by atoms with van der Waals surface area (Å²) in [5.41, 5.74) is -0.677. The molecule has 1 unspecified atom stereocenters. The van der Waals surface area contributed by atoms with Crippen molar-refractivity contribution in [1.29, 1.82) is 0 Å². The Balaban J connectivity index is 2.73. The standard InChI is InChI=1S/C14H20F3NO/c1-3-6-13(10-18-4-2)19-12-8-5-7-11(9-12)14(15,16)17/h5,7-9,13,18H,3-4,6,10H2,1-2H3. The predicted octanol–water partition coefficient (Wildman–Crippen LogP) is 3.86. The Morgan fingerprint density at radius 1 is 1.26 bits per heavy atom. The lowest BCUT2D eigenvalue weighted by atomic mass is 10.2. The van der Waals surface area contributed by atoms with Crippen molar-refractivity contribution in [1.82, 2.24) is 5.32 Å². The van der Waals surface area contributed by atoms with Crippen molar-refractivity contribution in [3.63, 3.8) is 0 Å². The first-order valence-electron chi connectivity index (χ1n) is 6.52. The van der Waals surface area contributed by atoms with E-state index in [-0.39, 0.29) is 11.9 Å². The summed E-state index contributed by atoms with van der Waals surface area (Å²) in [4.78, 5) is 0. The normalized spacial score (nSPS) is 13.3. The van der Waals surface area contributed by atoms with Crippen LogP contribution in [0.2, 0.25) is 0 Å². The van der Waals surface area contributed by atoms with Crippen molar-refractivity contribution in [3.8, 4) is 5.75 Å². The fraction of sp³-hybridized carbons (Fsp3) is 0.571. The molecule has 0 bridgehead atoms. The van der Waals surface area contributed by atoms with Crippen molar-refractivity contribution < 1.29 is 17.9 Å². The average molecular weight is 275 g/mol. The van der Waals surface area contributed by atoms with E-state index in [9.17, 15) is 13.2 Å². The molecule has 1 N–H and O–H groups in total. The second kappa shape index (κ2) is 7.38. The lowest BCUT2D eigenvalue weighted by Gasteiger charge is -2.19. The maximum atomic E-state index is 12.6. The Morgan fingerprint density at radius 3 is 2.58 bits per heavy atom. The molecule has 0 aliphatic carbocycles. The molecule has 0 amide bonds. The molecule has 0 saturated heterocycles. The second-order valence-electron chi connectivity index (χ2n) is 4.36. The summed E-state index contributed by atoms with van der Waals surface area (Å²) in [6, 6.07) is 5.03. The van der Waals surface area contributed by atoms with E-state index >= 15 is 0 Å². The third kappa shape index (κ3) is 5.51. The summed E-state index contributed by atoms with van der Waals surface area (Å²) in [6.07, 6.45) is -2.70. The van der Waals surface area contributed by atoms with Crippen LogP contribution in [0.1, 0.15) is 32.3 Å². The first-order chi connectivity index (χ1) is 8.97. The number of rotatable bonds is 7. The van der Waals surface area contributed by atoms with Gasteiger partial charge in [0.15, 0.2) is 0 Å². The van der Waals surface area contributed by atoms with Crippen LogP contribution in [0.5, 0.6) is 5.75 Å². The maximum Gasteiger partial charge on any atom is 0.416 e. The molecule has 0 aliphatic heterocycles. The van der Waals surface area contributed by atoms with Gasteiger partial charge >= 0.3 is 6.18 Å². The van der Waals surface area contributed by atoms with Crippen LogP contribution in [0.25, 0.3) is 0 Å². The van der Waals surface area contributed by atoms with E-state index in [0.717, 1.165) is 31.5 Å². The van der Waals surface area contributed by atoms with Gasteiger partial charge in [-0.2, -0.15) is 13.2 Å². The topological polar surface area (TPSA) is 21.3 Å². The van der Waals surface area contributed by atoms with E-state index in [1.165, 1.54) is 6.07 Å². The first-order valence-corrected chi connectivity index (χ1v) is 6.52. The quantitative estimate of drug-likeness (QED) is 0.815. The van der Waals surface area contributed by atoms with Crippen LogP contribution in [0.15, 0.2) is 24.3 Å². The fourth-order valence-electron chi connectivity index (χ4n) is 1.77. The molecule has 0 aromatic heterocycles. The molecule has 0 saturated carbocycles. The molecular weight excluding hydrogens is 255 g/mol. The molecule has 5 heteroatoms. The molecular formula is C14H20F3NO. The molecule has 1 atom stereocenters. The van der Waals surface area contributed by atoms with E-state index < -0.39 is 11.7 Å². The van der Waals surface area contributed by atoms with Crippen LogP contribution in [-0.2, 0) is 6.18 Å². The summed E-state index contributed by atoms with van der Waals surface area (Å²) in [6.45, 7) is 5.45. The van der Waals surface area contributed by atoms with Gasteiger partial charge in [-0.05, 0) is 31.2 Å². The van der Waals surface area contributed by atoms with Crippen LogP contribution in [0.3, 0.4) is 0 Å². The highest BCUT2D eigenvalue weighted by Gasteiger charge is 2.30. The van der Waals surface area contributed by atoms with Gasteiger partial charge in [0, 0.05) is 6.54 Å². The minimum Gasteiger partial charge on any atom is -0.489 e. The highest BCUT2D eigenvalue weighted by molar-refractivity contribution is 5.30. The van der Waals surface area contributed by atoms with Gasteiger partial charge in [-0.15, -0.1) is 0 Å². The highest BCUT2D eigenvalue weighted by atomic mass is 19.4. The van der Waals surface area contributed by atoms with E-state index in [2.05, 4.69) is 5.32 Å². The van der Waals surface area contributed by atoms with Gasteiger partial charge in [-0.25, -0.2) is 0 Å². The molecule has 0 heterocycles. The number of ether oxygens (including phenoxy) is 1. The molecule has 0 radical (unpaired) electrons. The monoisotopic (exact) mass is 275 g/mol. The lowest BCUT2D eigenvalue weighted by Crippen LogP contribution is -2.31. The molecule has 1 rings (SSSR count). The number of hydrogen-bond acceptors (Lipinski definition) is 2. The van der Waals surface area contributed by atoms with Gasteiger partial charge in [-0.1, -0.05) is 26.3 Å². The van der Waals surface area contributed by atoms with Crippen LogP contribution in [0.4, 0.5) is 13.2 Å². The summed E-state index contributed by atoms with van der Waals surface area (Å²) < 4.78 is 43.4. The average Bonchev–Trinajstić information content (AvgIpc) is 2.35. The van der Waals surface area contributed by atoms with Crippen molar-refractivity contribution >= 4 is 0 Å². The van der Waals surface area contributed by atoms with E-state index in [0.29, 0.717) is 6.54 Å². The maximum absolute atomic E-state index is 12.6. The van der Waals surface area contributed by atoms with Crippen LogP contribution in [0, 0.1) is 0 Å². The zero-order chi connectivity index (χ0) is 14.3. The fourth-order valence-corrected chi connectivity index (χ4v) is 1.77. The van der Waals surface area contributed by atoms with Crippen molar-refractivity contribution in [2.24, 2.45) is 0 Å². The van der Waals surface area contributed by atoms with E-state index in [1.807, 2.05) is 13.8 Å². The van der Waals surface area contributed by atoms with Crippen molar-refractivity contribution in [3.05, 3.63) is 29.8 Å². The number of alkyl halides is 3. The predicted molar refractivity (Wildman–Crippen MR) is 69.3 cm³/mol. The van der Waals surface area contributed by atoms with Gasteiger partial charge in [0.05, 0.1) is 5.56 Å². The molecule has 1 aromatic rings. The Bertz CT molecular complexity index is 379. The summed E-state index contributed by atoms with van der Waals surface area (Å²) >= 11 is 0. The van der Waals surface area contributed by atoms with Gasteiger partial charge in [0.25, 0.3) is 0 Å². The number of likely N-dealkylation sites (N-methyl/N-ethyl adjacent to an activating group) is 1. The molecule has 19 heavy (non-hydrogen) atoms. The molecule has 108 valence electrons. The van der Waals surface area contributed by atoms with E-state index in [4.69, 9.17) is 4.74 Å². The highest BCUT2D eigenvalue weighted by Crippen LogP contribution is 2.31. The zero-order valence-corrected chi connectivity index (χ0v) is 11.3. The van der Waals surface area contributed by atoms with Gasteiger partial charge < -0.3 is 10.1 Å². The van der Waals surface area contributed by atoms with E-state index in [1.54, 1.807) is 6.07 Å². The van der Waals surface area contributed by atoms with Gasteiger partial charge in [-0.3, -0.25) is 0 Å². The molecule has 0 spiro atoms. The molecule has 2 nitrogen and oxygen atoms in total. The Hall–Kier alpha value is -1.23. The summed E-state index contributed by atoms with van der Waals surface area (Å²) in [5, 5.41) is 3.15. The Kier molecular flexibility index (Phi) is 6.15. The van der Waals surface area contributed by atoms with Crippen LogP contribution < -0.4 is 10.1 Å². The van der Waals surface area contributed by atoms with Gasteiger partial charge in [0.1, 0.15) is 11.9 Å². The largest absolute Gasteiger partial charge is 0.489 e. The third-order valence-corrected chi connectivity index (χ3v) is 2.70. The third-order valence-electron chi connectivity index (χ3n) is 2.70. The number of nitrogens with one attached hydrogen (secondary N) is 1. The number of halogens is 3. The summed E-state index contributed by atoms with van der Waals surface area (Å²) in [7, 11) is 0. The lowest BCUT2D eigenvalue weighted by molar-refractivity contribution is -0.137. The molecule has 0 fully saturated rings. The number of hydrogen-bond donors (Lipinski definition) is 1. The SMILES string of the molecule is CCCC(CNCC)Oc1cccc(C(F)(F)F)c1. The second-order valence-corrected chi connectivity index (χ2v) is 4.36. The minimum absolute atomic E-state index is 0.103. The minimum atomic E-state index is -4.33. The van der Waals surface area contributed by atoms with Gasteiger partial charge in [0.2, 0.25) is 0 Å². The zero-order valence-electron chi connectivity index (χ0n) is 11.3. The van der Waals surface area contributed by atoms with Crippen molar-refractivity contribution in [2.75, 3.05) is 13.1 Å². The summed E-state index contributed by atoms with van der Waals surface area (Å²) in [5.74, 6) is 0.270. The molecule has 1 aromatic carbocycles. The smallest absolute Gasteiger partial charge is 0.416 e. The van der Waals surface area contributed by atoms with Crippen molar-refractivity contribution in [2.45, 2.75) is 39.0 Å². The van der Waals surface area contributed by atoms with Crippen LogP contribution in [-0.4, -0.2) is 19.2 Å². The van der Waals surface area contributed by atoms with Crippen LogP contribution >= 0.6 is 0 Å². The Morgan fingerprint density at radius 2 is 2.00 bits per heavy atom. The Labute approximate surface area is 112 Å². The molecule has 0 aliphatic rings. The first kappa shape index (κ1) is 15.8.